The van der Waals surface area contributed by atoms with Gasteiger partial charge in [-0.05, 0) is 36.6 Å². The number of rotatable bonds is 6. The molecule has 1 heterocycles. The van der Waals surface area contributed by atoms with Gasteiger partial charge in [0.05, 0.1) is 27.2 Å². The molecule has 5 nitrogen and oxygen atoms in total. The first-order chi connectivity index (χ1) is 12.1. The molecule has 0 saturated heterocycles. The quantitative estimate of drug-likeness (QED) is 0.808. The highest BCUT2D eigenvalue weighted by Crippen LogP contribution is 2.42. The van der Waals surface area contributed by atoms with Crippen LogP contribution in [0, 0.1) is 0 Å². The molecule has 1 amide bonds. The second-order valence-corrected chi connectivity index (χ2v) is 5.92. The molecule has 0 bridgehead atoms. The Labute approximate surface area is 148 Å². The molecule has 0 aromatic heterocycles. The molecule has 0 fully saturated rings. The Balaban J connectivity index is 2.01. The fourth-order valence-corrected chi connectivity index (χ4v) is 3.46. The largest absolute Gasteiger partial charge is 0.496 e. The van der Waals surface area contributed by atoms with E-state index in [0.717, 1.165) is 16.8 Å². The fourth-order valence-electron chi connectivity index (χ4n) is 3.46. The predicted octanol–water partition coefficient (Wildman–Crippen LogP) is 3.41. The van der Waals surface area contributed by atoms with E-state index in [-0.39, 0.29) is 11.8 Å². The van der Waals surface area contributed by atoms with Gasteiger partial charge in [-0.3, -0.25) is 4.79 Å². The van der Waals surface area contributed by atoms with Crippen molar-refractivity contribution >= 4 is 11.6 Å². The van der Waals surface area contributed by atoms with Crippen LogP contribution >= 0.6 is 0 Å². The van der Waals surface area contributed by atoms with Crippen LogP contribution in [0.5, 0.6) is 17.2 Å². The lowest BCUT2D eigenvalue weighted by atomic mass is 9.92. The molecule has 0 N–H and O–H groups in total. The predicted molar refractivity (Wildman–Crippen MR) is 97.0 cm³/mol. The Kier molecular flexibility index (Phi) is 4.83. The summed E-state index contributed by atoms with van der Waals surface area (Å²) in [7, 11) is 4.81. The van der Waals surface area contributed by atoms with Crippen LogP contribution < -0.4 is 19.1 Å². The van der Waals surface area contributed by atoms with Crippen LogP contribution in [0.1, 0.15) is 24.0 Å². The van der Waals surface area contributed by atoms with Gasteiger partial charge in [-0.1, -0.05) is 18.2 Å². The molecular weight excluding hydrogens is 318 g/mol. The summed E-state index contributed by atoms with van der Waals surface area (Å²) in [5, 5.41) is 0. The Morgan fingerprint density at radius 3 is 2.24 bits per heavy atom. The maximum Gasteiger partial charge on any atom is 0.234 e. The van der Waals surface area contributed by atoms with Gasteiger partial charge in [-0.25, -0.2) is 0 Å². The van der Waals surface area contributed by atoms with E-state index in [1.54, 1.807) is 27.4 Å². The van der Waals surface area contributed by atoms with E-state index in [9.17, 15) is 4.79 Å². The summed E-state index contributed by atoms with van der Waals surface area (Å²) >= 11 is 0. The number of ether oxygens (including phenoxy) is 3. The van der Waals surface area contributed by atoms with Gasteiger partial charge in [-0.2, -0.15) is 0 Å². The van der Waals surface area contributed by atoms with E-state index in [1.165, 1.54) is 0 Å². The number of anilines is 1. The number of para-hydroxylation sites is 1. The first-order valence-electron chi connectivity index (χ1n) is 8.33. The lowest BCUT2D eigenvalue weighted by molar-refractivity contribution is -0.119. The second-order valence-electron chi connectivity index (χ2n) is 5.92. The number of likely N-dealkylation sites (N-methyl/N-ethyl adjacent to an activating group) is 1. The van der Waals surface area contributed by atoms with Crippen LogP contribution in [0.15, 0.2) is 36.4 Å². The SMILES string of the molecule is CCN1C(=O)[C@H](Cc2cc(OC)c(OC)cc2OC)c2ccccc21. The standard InChI is InChI=1S/C20H23NO4/c1-5-21-16-9-7-6-8-14(16)15(20(21)22)10-13-11-18(24-3)19(25-4)12-17(13)23-2/h6-9,11-12,15H,5,10H2,1-4H3/t15-/m1/s1. The van der Waals surface area contributed by atoms with Crippen molar-refractivity contribution in [1.82, 2.24) is 0 Å². The summed E-state index contributed by atoms with van der Waals surface area (Å²) < 4.78 is 16.3. The molecule has 1 atom stereocenters. The normalized spacial score (nSPS) is 15.9. The Morgan fingerprint density at radius 1 is 0.960 bits per heavy atom. The summed E-state index contributed by atoms with van der Waals surface area (Å²) in [5.74, 6) is 1.84. The molecule has 0 aliphatic carbocycles. The molecule has 132 valence electrons. The third-order valence-corrected chi connectivity index (χ3v) is 4.69. The van der Waals surface area contributed by atoms with Gasteiger partial charge in [0.25, 0.3) is 0 Å². The number of methoxy groups -OCH3 is 3. The summed E-state index contributed by atoms with van der Waals surface area (Å²) in [6, 6.07) is 11.7. The molecular formula is C20H23NO4. The van der Waals surface area contributed by atoms with Gasteiger partial charge < -0.3 is 19.1 Å². The fraction of sp³-hybridized carbons (Fsp3) is 0.350. The molecule has 25 heavy (non-hydrogen) atoms. The van der Waals surface area contributed by atoms with E-state index < -0.39 is 0 Å². The average Bonchev–Trinajstić information content (AvgIpc) is 2.92. The van der Waals surface area contributed by atoms with E-state index in [4.69, 9.17) is 14.2 Å². The maximum atomic E-state index is 12.9. The third kappa shape index (κ3) is 2.90. The molecule has 5 heteroatoms. The van der Waals surface area contributed by atoms with Crippen molar-refractivity contribution < 1.29 is 19.0 Å². The Hall–Kier alpha value is -2.69. The van der Waals surface area contributed by atoms with Crippen molar-refractivity contribution in [2.45, 2.75) is 19.3 Å². The van der Waals surface area contributed by atoms with Crippen molar-refractivity contribution in [3.8, 4) is 17.2 Å². The number of benzene rings is 2. The van der Waals surface area contributed by atoms with Crippen molar-refractivity contribution in [2.75, 3.05) is 32.8 Å². The van der Waals surface area contributed by atoms with Crippen molar-refractivity contribution in [1.29, 1.82) is 0 Å². The van der Waals surface area contributed by atoms with E-state index in [2.05, 4.69) is 0 Å². The summed E-state index contributed by atoms with van der Waals surface area (Å²) in [6.07, 6.45) is 0.551. The van der Waals surface area contributed by atoms with Crippen molar-refractivity contribution in [3.05, 3.63) is 47.5 Å². The monoisotopic (exact) mass is 341 g/mol. The zero-order chi connectivity index (χ0) is 18.0. The number of carbonyl (C=O) groups is 1. The smallest absolute Gasteiger partial charge is 0.234 e. The van der Waals surface area contributed by atoms with Crippen LogP contribution in [-0.4, -0.2) is 33.8 Å². The lowest BCUT2D eigenvalue weighted by Gasteiger charge is -2.17. The van der Waals surface area contributed by atoms with Gasteiger partial charge in [0.1, 0.15) is 5.75 Å². The van der Waals surface area contributed by atoms with E-state index >= 15 is 0 Å². The number of carbonyl (C=O) groups excluding carboxylic acids is 1. The number of nitrogens with zero attached hydrogens (tertiary/aromatic N) is 1. The highest BCUT2D eigenvalue weighted by Gasteiger charge is 2.36. The minimum absolute atomic E-state index is 0.125. The summed E-state index contributed by atoms with van der Waals surface area (Å²) in [6.45, 7) is 2.66. The highest BCUT2D eigenvalue weighted by molar-refractivity contribution is 6.05. The van der Waals surface area contributed by atoms with Gasteiger partial charge >= 0.3 is 0 Å². The maximum absolute atomic E-state index is 12.9. The van der Waals surface area contributed by atoms with E-state index in [0.29, 0.717) is 30.2 Å². The zero-order valence-electron chi connectivity index (χ0n) is 15.0. The summed E-state index contributed by atoms with van der Waals surface area (Å²) in [5.41, 5.74) is 2.98. The van der Waals surface area contributed by atoms with Gasteiger partial charge in [0, 0.05) is 18.3 Å². The summed E-state index contributed by atoms with van der Waals surface area (Å²) in [4.78, 5) is 14.7. The molecule has 0 spiro atoms. The molecule has 3 rings (SSSR count). The Bertz CT molecular complexity index is 787. The first-order valence-corrected chi connectivity index (χ1v) is 8.33. The van der Waals surface area contributed by atoms with Crippen LogP contribution in [0.4, 0.5) is 5.69 Å². The van der Waals surface area contributed by atoms with Gasteiger partial charge in [0.2, 0.25) is 5.91 Å². The topological polar surface area (TPSA) is 48.0 Å². The highest BCUT2D eigenvalue weighted by atomic mass is 16.5. The molecule has 0 unspecified atom stereocenters. The van der Waals surface area contributed by atoms with Crippen molar-refractivity contribution in [2.24, 2.45) is 0 Å². The second kappa shape index (κ2) is 7.05. The van der Waals surface area contributed by atoms with Crippen LogP contribution in [0.2, 0.25) is 0 Å². The minimum Gasteiger partial charge on any atom is -0.496 e. The number of amides is 1. The van der Waals surface area contributed by atoms with Crippen molar-refractivity contribution in [3.63, 3.8) is 0 Å². The molecule has 1 aliphatic heterocycles. The van der Waals surface area contributed by atoms with E-state index in [1.807, 2.05) is 42.2 Å². The number of hydrogen-bond acceptors (Lipinski definition) is 4. The molecule has 1 aliphatic rings. The van der Waals surface area contributed by atoms with Crippen LogP contribution in [0.3, 0.4) is 0 Å². The Morgan fingerprint density at radius 2 is 1.60 bits per heavy atom. The zero-order valence-corrected chi connectivity index (χ0v) is 15.0. The molecule has 2 aromatic carbocycles. The van der Waals surface area contributed by atoms with Crippen LogP contribution in [0.25, 0.3) is 0 Å². The van der Waals surface area contributed by atoms with Crippen LogP contribution in [-0.2, 0) is 11.2 Å². The lowest BCUT2D eigenvalue weighted by Crippen LogP contribution is -2.29. The molecule has 2 aromatic rings. The number of hydrogen-bond donors (Lipinski definition) is 0. The van der Waals surface area contributed by atoms with Gasteiger partial charge in [0.15, 0.2) is 11.5 Å². The molecule has 0 saturated carbocycles. The minimum atomic E-state index is -0.219. The third-order valence-electron chi connectivity index (χ3n) is 4.69. The molecule has 0 radical (unpaired) electrons. The van der Waals surface area contributed by atoms with Gasteiger partial charge in [-0.15, -0.1) is 0 Å². The number of fused-ring (bicyclic) bond motifs is 1. The first kappa shape index (κ1) is 17.1. The average molecular weight is 341 g/mol.